The summed E-state index contributed by atoms with van der Waals surface area (Å²) in [7, 11) is 0. The maximum absolute atomic E-state index is 11.7. The van der Waals surface area contributed by atoms with E-state index in [1.807, 2.05) is 30.3 Å². The van der Waals surface area contributed by atoms with Crippen molar-refractivity contribution in [2.45, 2.75) is 26.0 Å². The molecule has 6 heteroatoms. The molecule has 1 aromatic carbocycles. The Kier molecular flexibility index (Phi) is 7.13. The van der Waals surface area contributed by atoms with Gasteiger partial charge in [-0.25, -0.2) is 4.79 Å². The number of ether oxygens (including phenoxy) is 1. The lowest BCUT2D eigenvalue weighted by molar-refractivity contribution is -0.123. The highest BCUT2D eigenvalue weighted by molar-refractivity contribution is 5.85. The van der Waals surface area contributed by atoms with Crippen molar-refractivity contribution in [1.29, 1.82) is 0 Å². The SMILES string of the molecule is CCNC(=O)C(CCO)NC(=O)OCc1ccccc1. The second-order valence-corrected chi connectivity index (χ2v) is 4.17. The number of nitrogens with one attached hydrogen (secondary N) is 2. The highest BCUT2D eigenvalue weighted by Crippen LogP contribution is 2.01. The first-order valence-corrected chi connectivity index (χ1v) is 6.53. The van der Waals surface area contributed by atoms with E-state index in [2.05, 4.69) is 10.6 Å². The lowest BCUT2D eigenvalue weighted by Gasteiger charge is -2.16. The quantitative estimate of drug-likeness (QED) is 0.689. The van der Waals surface area contributed by atoms with Crippen LogP contribution in [0.15, 0.2) is 30.3 Å². The topological polar surface area (TPSA) is 87.7 Å². The summed E-state index contributed by atoms with van der Waals surface area (Å²) in [6.07, 6.45) is -0.537. The fourth-order valence-corrected chi connectivity index (χ4v) is 1.60. The Morgan fingerprint density at radius 2 is 2.00 bits per heavy atom. The number of aliphatic hydroxyl groups excluding tert-OH is 1. The molecule has 20 heavy (non-hydrogen) atoms. The van der Waals surface area contributed by atoms with Gasteiger partial charge in [0.05, 0.1) is 0 Å². The van der Waals surface area contributed by atoms with Crippen molar-refractivity contribution >= 4 is 12.0 Å². The molecule has 6 nitrogen and oxygen atoms in total. The predicted octanol–water partition coefficient (Wildman–Crippen LogP) is 0.800. The van der Waals surface area contributed by atoms with E-state index < -0.39 is 12.1 Å². The minimum atomic E-state index is -0.789. The van der Waals surface area contributed by atoms with Gasteiger partial charge in [0.15, 0.2) is 0 Å². The number of hydrogen-bond acceptors (Lipinski definition) is 4. The molecule has 3 N–H and O–H groups in total. The summed E-state index contributed by atoms with van der Waals surface area (Å²) in [6.45, 7) is 2.18. The molecule has 0 radical (unpaired) electrons. The minimum absolute atomic E-state index is 0.133. The van der Waals surface area contributed by atoms with Crippen molar-refractivity contribution in [3.8, 4) is 0 Å². The summed E-state index contributed by atoms with van der Waals surface area (Å²) in [4.78, 5) is 23.3. The lowest BCUT2D eigenvalue weighted by atomic mass is 10.2. The summed E-state index contributed by atoms with van der Waals surface area (Å²) in [5.41, 5.74) is 0.861. The first kappa shape index (κ1) is 16.0. The summed E-state index contributed by atoms with van der Waals surface area (Å²) in [6, 6.07) is 8.45. The number of amides is 2. The molecule has 0 aromatic heterocycles. The van der Waals surface area contributed by atoms with Crippen LogP contribution in [-0.2, 0) is 16.1 Å². The zero-order valence-electron chi connectivity index (χ0n) is 11.5. The second kappa shape index (κ2) is 8.92. The van der Waals surface area contributed by atoms with Crippen LogP contribution in [-0.4, -0.2) is 36.3 Å². The van der Waals surface area contributed by atoms with E-state index in [1.54, 1.807) is 6.92 Å². The first-order chi connectivity index (χ1) is 9.67. The molecule has 0 saturated heterocycles. The molecule has 0 heterocycles. The Morgan fingerprint density at radius 1 is 1.30 bits per heavy atom. The van der Waals surface area contributed by atoms with E-state index in [4.69, 9.17) is 9.84 Å². The number of rotatable bonds is 7. The highest BCUT2D eigenvalue weighted by atomic mass is 16.5. The molecule has 0 fully saturated rings. The number of likely N-dealkylation sites (N-methyl/N-ethyl adjacent to an activating group) is 1. The Morgan fingerprint density at radius 3 is 2.60 bits per heavy atom. The van der Waals surface area contributed by atoms with Crippen molar-refractivity contribution < 1.29 is 19.4 Å². The summed E-state index contributed by atoms with van der Waals surface area (Å²) < 4.78 is 5.02. The molecule has 1 rings (SSSR count). The number of carbonyl (C=O) groups is 2. The highest BCUT2D eigenvalue weighted by Gasteiger charge is 2.20. The Balaban J connectivity index is 2.43. The maximum Gasteiger partial charge on any atom is 0.408 e. The molecule has 1 atom stereocenters. The molecule has 0 spiro atoms. The van der Waals surface area contributed by atoms with E-state index in [9.17, 15) is 9.59 Å². The largest absolute Gasteiger partial charge is 0.445 e. The Hall–Kier alpha value is -2.08. The van der Waals surface area contributed by atoms with Crippen LogP contribution in [0.4, 0.5) is 4.79 Å². The van der Waals surface area contributed by atoms with Crippen LogP contribution in [0.1, 0.15) is 18.9 Å². The summed E-state index contributed by atoms with van der Waals surface area (Å²) in [5.74, 6) is -0.335. The summed E-state index contributed by atoms with van der Waals surface area (Å²) >= 11 is 0. The Labute approximate surface area is 118 Å². The van der Waals surface area contributed by atoms with E-state index in [1.165, 1.54) is 0 Å². The van der Waals surface area contributed by atoms with Gasteiger partial charge in [-0.1, -0.05) is 30.3 Å². The molecule has 0 aliphatic rings. The van der Waals surface area contributed by atoms with E-state index >= 15 is 0 Å². The van der Waals surface area contributed by atoms with Gasteiger partial charge in [0, 0.05) is 13.2 Å². The molecule has 0 aliphatic heterocycles. The molecule has 110 valence electrons. The fraction of sp³-hybridized carbons (Fsp3) is 0.429. The second-order valence-electron chi connectivity index (χ2n) is 4.17. The van der Waals surface area contributed by atoms with Crippen molar-refractivity contribution in [2.75, 3.05) is 13.2 Å². The Bertz CT molecular complexity index is 422. The van der Waals surface area contributed by atoms with E-state index in [0.717, 1.165) is 5.56 Å². The first-order valence-electron chi connectivity index (χ1n) is 6.53. The van der Waals surface area contributed by atoms with Crippen LogP contribution in [0, 0.1) is 0 Å². The van der Waals surface area contributed by atoms with Crippen molar-refractivity contribution in [2.24, 2.45) is 0 Å². The van der Waals surface area contributed by atoms with Gasteiger partial charge in [0.1, 0.15) is 12.6 Å². The van der Waals surface area contributed by atoms with Crippen LogP contribution < -0.4 is 10.6 Å². The third-order valence-electron chi connectivity index (χ3n) is 2.59. The molecular weight excluding hydrogens is 260 g/mol. The zero-order valence-corrected chi connectivity index (χ0v) is 11.5. The van der Waals surface area contributed by atoms with Crippen molar-refractivity contribution in [3.05, 3.63) is 35.9 Å². The third-order valence-corrected chi connectivity index (χ3v) is 2.59. The molecule has 1 aromatic rings. The van der Waals surface area contributed by atoms with Gasteiger partial charge >= 0.3 is 6.09 Å². The normalized spacial score (nSPS) is 11.5. The molecule has 0 aliphatic carbocycles. The van der Waals surface area contributed by atoms with Crippen LogP contribution in [0.25, 0.3) is 0 Å². The van der Waals surface area contributed by atoms with Gasteiger partial charge in [0.25, 0.3) is 0 Å². The fourth-order valence-electron chi connectivity index (χ4n) is 1.60. The average Bonchev–Trinajstić information content (AvgIpc) is 2.46. The maximum atomic E-state index is 11.7. The average molecular weight is 280 g/mol. The molecule has 0 bridgehead atoms. The smallest absolute Gasteiger partial charge is 0.408 e. The molecular formula is C14H20N2O4. The predicted molar refractivity (Wildman–Crippen MR) is 73.9 cm³/mol. The zero-order chi connectivity index (χ0) is 14.8. The molecule has 0 saturated carbocycles. The van der Waals surface area contributed by atoms with Gasteiger partial charge in [-0.15, -0.1) is 0 Å². The van der Waals surface area contributed by atoms with Crippen molar-refractivity contribution in [3.63, 3.8) is 0 Å². The number of benzene rings is 1. The van der Waals surface area contributed by atoms with Gasteiger partial charge in [-0.05, 0) is 18.9 Å². The monoisotopic (exact) mass is 280 g/mol. The van der Waals surface area contributed by atoms with Gasteiger partial charge < -0.3 is 20.5 Å². The van der Waals surface area contributed by atoms with Crippen LogP contribution >= 0.6 is 0 Å². The number of carbonyl (C=O) groups excluding carboxylic acids is 2. The van der Waals surface area contributed by atoms with Gasteiger partial charge in [-0.3, -0.25) is 4.79 Å². The van der Waals surface area contributed by atoms with E-state index in [0.29, 0.717) is 6.54 Å². The van der Waals surface area contributed by atoms with Crippen molar-refractivity contribution in [1.82, 2.24) is 10.6 Å². The van der Waals surface area contributed by atoms with E-state index in [-0.39, 0.29) is 25.5 Å². The van der Waals surface area contributed by atoms with Crippen LogP contribution in [0.3, 0.4) is 0 Å². The summed E-state index contributed by atoms with van der Waals surface area (Å²) in [5, 5.41) is 13.9. The number of alkyl carbamates (subject to hydrolysis) is 1. The van der Waals surface area contributed by atoms with Crippen LogP contribution in [0.2, 0.25) is 0 Å². The number of aliphatic hydroxyl groups is 1. The standard InChI is InChI=1S/C14H20N2O4/c1-2-15-13(18)12(8-9-17)16-14(19)20-10-11-6-4-3-5-7-11/h3-7,12,17H,2,8-10H2,1H3,(H,15,18)(H,16,19). The molecule has 1 unspecified atom stereocenters. The van der Waals surface area contributed by atoms with Gasteiger partial charge in [-0.2, -0.15) is 0 Å². The third kappa shape index (κ3) is 5.71. The molecule has 2 amide bonds. The van der Waals surface area contributed by atoms with Gasteiger partial charge in [0.2, 0.25) is 5.91 Å². The number of hydrogen-bond donors (Lipinski definition) is 3. The lowest BCUT2D eigenvalue weighted by Crippen LogP contribution is -2.47. The minimum Gasteiger partial charge on any atom is -0.445 e. The van der Waals surface area contributed by atoms with Crippen LogP contribution in [0.5, 0.6) is 0 Å².